The third kappa shape index (κ3) is 5.94. The molecule has 2 aromatic carbocycles. The Bertz CT molecular complexity index is 1150. The van der Waals surface area contributed by atoms with Crippen molar-refractivity contribution in [3.8, 4) is 5.75 Å². The first-order valence-corrected chi connectivity index (χ1v) is 12.0. The standard InChI is InChI=1S/C21H22Cl2FN3O5S/c1-25-19-4-3-16(7-18(19)24)32-13-21(10-26-8-15(29)9-28)11-27(12-21)33(30,31)20-5-2-14(22)6-17(20)23/h2-7,15,26,28-29H,8-13H2. The Labute approximate surface area is 201 Å². The van der Waals surface area contributed by atoms with Crippen molar-refractivity contribution in [3.63, 3.8) is 0 Å². The van der Waals surface area contributed by atoms with Crippen LogP contribution in [-0.4, -0.2) is 68.4 Å². The number of nitrogens with one attached hydrogen (secondary N) is 1. The van der Waals surface area contributed by atoms with Gasteiger partial charge in [-0.2, -0.15) is 4.31 Å². The molecule has 3 rings (SSSR count). The molecule has 1 atom stereocenters. The summed E-state index contributed by atoms with van der Waals surface area (Å²) in [4.78, 5) is 3.00. The number of hydrogen-bond acceptors (Lipinski definition) is 6. The van der Waals surface area contributed by atoms with Crippen LogP contribution in [0.2, 0.25) is 10.0 Å². The molecule has 1 aliphatic heterocycles. The van der Waals surface area contributed by atoms with E-state index in [1.165, 1.54) is 34.6 Å². The van der Waals surface area contributed by atoms with Gasteiger partial charge in [0.2, 0.25) is 15.7 Å². The third-order valence-corrected chi connectivity index (χ3v) is 7.72. The zero-order valence-corrected chi connectivity index (χ0v) is 19.7. The van der Waals surface area contributed by atoms with E-state index in [-0.39, 0.29) is 54.1 Å². The molecular formula is C21H22Cl2FN3O5S. The molecule has 0 aromatic heterocycles. The molecule has 0 bridgehead atoms. The number of ether oxygens (including phenoxy) is 1. The highest BCUT2D eigenvalue weighted by molar-refractivity contribution is 7.89. The van der Waals surface area contributed by atoms with E-state index < -0.39 is 34.0 Å². The summed E-state index contributed by atoms with van der Waals surface area (Å²) in [5.41, 5.74) is -0.812. The van der Waals surface area contributed by atoms with E-state index in [0.717, 1.165) is 6.07 Å². The van der Waals surface area contributed by atoms with Crippen LogP contribution in [0.25, 0.3) is 4.85 Å². The summed E-state index contributed by atoms with van der Waals surface area (Å²) in [5.74, 6) is -0.507. The quantitative estimate of drug-likeness (QED) is 0.418. The van der Waals surface area contributed by atoms with E-state index in [2.05, 4.69) is 10.2 Å². The van der Waals surface area contributed by atoms with Crippen molar-refractivity contribution in [1.82, 2.24) is 9.62 Å². The van der Waals surface area contributed by atoms with Crippen LogP contribution < -0.4 is 10.1 Å². The number of halogens is 3. The SMILES string of the molecule is [C-]#[N+]c1ccc(OCC2(CNCC(O)CO)CN(S(=O)(=O)c3ccc(Cl)cc3Cl)C2)cc1F. The van der Waals surface area contributed by atoms with Crippen molar-refractivity contribution in [2.75, 3.05) is 39.4 Å². The highest BCUT2D eigenvalue weighted by Gasteiger charge is 2.49. The summed E-state index contributed by atoms with van der Waals surface area (Å²) >= 11 is 12.0. The third-order valence-electron chi connectivity index (χ3n) is 5.21. The van der Waals surface area contributed by atoms with Crippen LogP contribution in [0.15, 0.2) is 41.3 Å². The van der Waals surface area contributed by atoms with Gasteiger partial charge in [-0.15, -0.1) is 0 Å². The van der Waals surface area contributed by atoms with Crippen molar-refractivity contribution in [1.29, 1.82) is 0 Å². The summed E-state index contributed by atoms with van der Waals surface area (Å²) in [6.07, 6.45) is -0.967. The molecular weight excluding hydrogens is 496 g/mol. The molecule has 2 aromatic rings. The van der Waals surface area contributed by atoms with Crippen LogP contribution in [-0.2, 0) is 10.0 Å². The lowest BCUT2D eigenvalue weighted by Gasteiger charge is -2.49. The van der Waals surface area contributed by atoms with Gasteiger partial charge in [0.1, 0.15) is 16.5 Å². The van der Waals surface area contributed by atoms with Crippen LogP contribution in [0.1, 0.15) is 0 Å². The minimum Gasteiger partial charge on any atom is -0.493 e. The molecule has 1 aliphatic rings. The number of sulfonamides is 1. The fourth-order valence-electron chi connectivity index (χ4n) is 3.42. The van der Waals surface area contributed by atoms with Gasteiger partial charge >= 0.3 is 0 Å². The van der Waals surface area contributed by atoms with Crippen LogP contribution >= 0.6 is 23.2 Å². The Hall–Kier alpha value is -1.97. The molecule has 8 nitrogen and oxygen atoms in total. The number of rotatable bonds is 10. The Morgan fingerprint density at radius 3 is 2.61 bits per heavy atom. The maximum absolute atomic E-state index is 13.9. The van der Waals surface area contributed by atoms with Crippen molar-refractivity contribution in [3.05, 3.63) is 63.7 Å². The fraction of sp³-hybridized carbons (Fsp3) is 0.381. The van der Waals surface area contributed by atoms with Crippen molar-refractivity contribution >= 4 is 38.9 Å². The van der Waals surface area contributed by atoms with E-state index in [4.69, 9.17) is 39.6 Å². The lowest BCUT2D eigenvalue weighted by atomic mass is 9.82. The first-order chi connectivity index (χ1) is 15.6. The Morgan fingerprint density at radius 2 is 2.00 bits per heavy atom. The molecule has 33 heavy (non-hydrogen) atoms. The number of hydrogen-bond donors (Lipinski definition) is 3. The van der Waals surface area contributed by atoms with E-state index >= 15 is 0 Å². The van der Waals surface area contributed by atoms with Gasteiger partial charge in [-0.3, -0.25) is 0 Å². The van der Waals surface area contributed by atoms with Gasteiger partial charge in [-0.05, 0) is 30.3 Å². The van der Waals surface area contributed by atoms with Crippen LogP contribution in [0.5, 0.6) is 5.75 Å². The van der Waals surface area contributed by atoms with Gasteiger partial charge in [0, 0.05) is 42.7 Å². The normalized spacial score (nSPS) is 16.6. The first kappa shape index (κ1) is 25.6. The largest absolute Gasteiger partial charge is 0.493 e. The number of nitrogens with zero attached hydrogens (tertiary/aromatic N) is 2. The minimum atomic E-state index is -3.89. The number of aliphatic hydroxyl groups excluding tert-OH is 2. The second-order valence-corrected chi connectivity index (χ2v) is 10.6. The number of benzene rings is 2. The summed E-state index contributed by atoms with van der Waals surface area (Å²) in [6, 6.07) is 8.01. The molecule has 0 radical (unpaired) electrons. The monoisotopic (exact) mass is 517 g/mol. The molecule has 0 saturated carbocycles. The summed E-state index contributed by atoms with van der Waals surface area (Å²) < 4.78 is 47.0. The molecule has 0 spiro atoms. The summed E-state index contributed by atoms with van der Waals surface area (Å²) in [7, 11) is -3.89. The fourth-order valence-corrected chi connectivity index (χ4v) is 5.83. The minimum absolute atomic E-state index is 0.0100. The maximum Gasteiger partial charge on any atom is 0.244 e. The molecule has 1 unspecified atom stereocenters. The molecule has 0 aliphatic carbocycles. The lowest BCUT2D eigenvalue weighted by Crippen LogP contribution is -2.64. The Morgan fingerprint density at radius 1 is 1.27 bits per heavy atom. The van der Waals surface area contributed by atoms with E-state index in [1.807, 2.05) is 0 Å². The average molecular weight is 518 g/mol. The predicted octanol–water partition coefficient (Wildman–Crippen LogP) is 2.70. The van der Waals surface area contributed by atoms with Gasteiger partial charge in [-0.25, -0.2) is 17.7 Å². The van der Waals surface area contributed by atoms with Gasteiger partial charge in [0.25, 0.3) is 0 Å². The molecule has 0 amide bonds. The zero-order valence-electron chi connectivity index (χ0n) is 17.3. The van der Waals surface area contributed by atoms with Gasteiger partial charge in [-0.1, -0.05) is 23.2 Å². The predicted molar refractivity (Wildman–Crippen MR) is 122 cm³/mol. The zero-order chi connectivity index (χ0) is 24.2. The maximum atomic E-state index is 13.9. The Balaban J connectivity index is 1.74. The average Bonchev–Trinajstić information content (AvgIpc) is 2.74. The molecule has 1 heterocycles. The van der Waals surface area contributed by atoms with Crippen LogP contribution in [0.4, 0.5) is 10.1 Å². The van der Waals surface area contributed by atoms with Crippen LogP contribution in [0.3, 0.4) is 0 Å². The van der Waals surface area contributed by atoms with Gasteiger partial charge in [0.05, 0.1) is 30.9 Å². The molecule has 1 fully saturated rings. The van der Waals surface area contributed by atoms with Crippen molar-refractivity contribution in [2.45, 2.75) is 11.0 Å². The van der Waals surface area contributed by atoms with Crippen LogP contribution in [0, 0.1) is 17.8 Å². The second kappa shape index (κ2) is 10.5. The van der Waals surface area contributed by atoms with Crippen molar-refractivity contribution in [2.24, 2.45) is 5.41 Å². The Kier molecular flexibility index (Phi) is 8.18. The van der Waals surface area contributed by atoms with E-state index in [1.54, 1.807) is 0 Å². The van der Waals surface area contributed by atoms with E-state index in [9.17, 15) is 17.9 Å². The summed E-state index contributed by atoms with van der Waals surface area (Å²) in [6.45, 7) is 7.08. The van der Waals surface area contributed by atoms with Gasteiger partial charge < -0.3 is 20.3 Å². The highest BCUT2D eigenvalue weighted by atomic mass is 35.5. The topological polar surface area (TPSA) is 103 Å². The summed E-state index contributed by atoms with van der Waals surface area (Å²) in [5, 5.41) is 21.9. The van der Waals surface area contributed by atoms with Crippen molar-refractivity contribution < 1.29 is 27.8 Å². The molecule has 178 valence electrons. The van der Waals surface area contributed by atoms with Gasteiger partial charge in [0.15, 0.2) is 0 Å². The smallest absolute Gasteiger partial charge is 0.244 e. The molecule has 3 N–H and O–H groups in total. The highest BCUT2D eigenvalue weighted by Crippen LogP contribution is 2.38. The lowest BCUT2D eigenvalue weighted by molar-refractivity contribution is 0.0146. The molecule has 12 heteroatoms. The first-order valence-electron chi connectivity index (χ1n) is 9.85. The second-order valence-electron chi connectivity index (χ2n) is 7.83. The molecule has 1 saturated heterocycles. The van der Waals surface area contributed by atoms with E-state index in [0.29, 0.717) is 5.02 Å². The number of aliphatic hydroxyl groups is 2.